The molecule has 0 bridgehead atoms. The summed E-state index contributed by atoms with van der Waals surface area (Å²) in [5.41, 5.74) is 9.63. The van der Waals surface area contributed by atoms with Crippen molar-refractivity contribution in [2.75, 3.05) is 32.0 Å². The highest BCUT2D eigenvalue weighted by Gasteiger charge is 2.16. The van der Waals surface area contributed by atoms with E-state index < -0.39 is 0 Å². The molecule has 1 fully saturated rings. The van der Waals surface area contributed by atoms with Crippen LogP contribution < -0.4 is 5.73 Å². The molecule has 4 rings (SSSR count). The van der Waals surface area contributed by atoms with E-state index >= 15 is 0 Å². The van der Waals surface area contributed by atoms with E-state index in [1.165, 1.54) is 0 Å². The fourth-order valence-corrected chi connectivity index (χ4v) is 3.08. The van der Waals surface area contributed by atoms with Gasteiger partial charge in [0.15, 0.2) is 11.6 Å². The average Bonchev–Trinajstić information content (AvgIpc) is 3.06. The first-order chi connectivity index (χ1) is 12.2. The molecule has 0 spiro atoms. The van der Waals surface area contributed by atoms with Gasteiger partial charge in [-0.15, -0.1) is 5.10 Å². The number of hydrogen-bond donors (Lipinski definition) is 1. The van der Waals surface area contributed by atoms with Gasteiger partial charge in [0.05, 0.1) is 13.2 Å². The number of hydrogen-bond acceptors (Lipinski definition) is 6. The smallest absolute Gasteiger partial charge is 0.182 e. The molecular formula is C18H19N5O2. The van der Waals surface area contributed by atoms with Gasteiger partial charge < -0.3 is 10.5 Å². The van der Waals surface area contributed by atoms with Crippen LogP contribution >= 0.6 is 0 Å². The number of carbonyl (C=O) groups is 1. The number of nitrogens with two attached hydrogens (primary N) is 1. The lowest BCUT2D eigenvalue weighted by Crippen LogP contribution is -2.35. The topological polar surface area (TPSA) is 85.8 Å². The maximum absolute atomic E-state index is 10.8. The molecule has 0 atom stereocenters. The van der Waals surface area contributed by atoms with Crippen molar-refractivity contribution in [3.8, 4) is 11.4 Å². The van der Waals surface area contributed by atoms with Gasteiger partial charge >= 0.3 is 0 Å². The molecule has 3 heterocycles. The van der Waals surface area contributed by atoms with Crippen LogP contribution in [0, 0.1) is 0 Å². The second-order valence-corrected chi connectivity index (χ2v) is 6.08. The standard InChI is InChI=1S/C18H19N5O2/c19-17-16-15(11-22-7-9-25-10-8-22)5-6-23(16)21-18(20-17)14-3-1-13(12-24)2-4-14/h1-6,12H,7-11H2,(H2,19,20,21). The van der Waals surface area contributed by atoms with E-state index in [2.05, 4.69) is 15.0 Å². The van der Waals surface area contributed by atoms with Gasteiger partial charge in [0.2, 0.25) is 0 Å². The molecule has 1 aliphatic rings. The van der Waals surface area contributed by atoms with Crippen LogP contribution in [0.2, 0.25) is 0 Å². The van der Waals surface area contributed by atoms with Crippen molar-refractivity contribution < 1.29 is 9.53 Å². The summed E-state index contributed by atoms with van der Waals surface area (Å²) in [4.78, 5) is 17.6. The largest absolute Gasteiger partial charge is 0.382 e. The quantitative estimate of drug-likeness (QED) is 0.728. The van der Waals surface area contributed by atoms with Crippen molar-refractivity contribution >= 4 is 17.6 Å². The van der Waals surface area contributed by atoms with Gasteiger partial charge in [-0.2, -0.15) is 0 Å². The molecule has 1 aromatic carbocycles. The van der Waals surface area contributed by atoms with E-state index in [0.717, 1.165) is 55.8 Å². The zero-order chi connectivity index (χ0) is 17.2. The number of fused-ring (bicyclic) bond motifs is 1. The molecule has 1 aliphatic heterocycles. The fraction of sp³-hybridized carbons (Fsp3) is 0.278. The van der Waals surface area contributed by atoms with Gasteiger partial charge in [0, 0.05) is 37.0 Å². The van der Waals surface area contributed by atoms with Crippen LogP contribution in [0.15, 0.2) is 36.5 Å². The normalized spacial score (nSPS) is 15.5. The molecule has 0 radical (unpaired) electrons. The highest BCUT2D eigenvalue weighted by Crippen LogP contribution is 2.23. The van der Waals surface area contributed by atoms with Crippen LogP contribution in [0.3, 0.4) is 0 Å². The molecule has 0 aliphatic carbocycles. The summed E-state index contributed by atoms with van der Waals surface area (Å²) in [7, 11) is 0. The van der Waals surface area contributed by atoms with E-state index in [1.807, 2.05) is 24.4 Å². The van der Waals surface area contributed by atoms with Crippen LogP contribution in [0.1, 0.15) is 15.9 Å². The number of nitrogen functional groups attached to an aromatic ring is 1. The maximum Gasteiger partial charge on any atom is 0.182 e. The van der Waals surface area contributed by atoms with E-state index in [0.29, 0.717) is 17.2 Å². The first-order valence-electron chi connectivity index (χ1n) is 8.24. The predicted molar refractivity (Wildman–Crippen MR) is 94.3 cm³/mol. The zero-order valence-electron chi connectivity index (χ0n) is 13.8. The summed E-state index contributed by atoms with van der Waals surface area (Å²) in [6.07, 6.45) is 2.72. The first kappa shape index (κ1) is 15.7. The summed E-state index contributed by atoms with van der Waals surface area (Å²) in [6.45, 7) is 4.16. The van der Waals surface area contributed by atoms with Crippen molar-refractivity contribution in [3.63, 3.8) is 0 Å². The number of benzene rings is 1. The van der Waals surface area contributed by atoms with Crippen molar-refractivity contribution in [2.45, 2.75) is 6.54 Å². The Kier molecular flexibility index (Phi) is 4.17. The minimum atomic E-state index is 0.456. The van der Waals surface area contributed by atoms with E-state index in [1.54, 1.807) is 16.6 Å². The van der Waals surface area contributed by atoms with Crippen LogP contribution in [0.25, 0.3) is 16.9 Å². The van der Waals surface area contributed by atoms with Gasteiger partial charge in [-0.05, 0) is 11.6 Å². The lowest BCUT2D eigenvalue weighted by Gasteiger charge is -2.26. The third kappa shape index (κ3) is 3.11. The van der Waals surface area contributed by atoms with Crippen LogP contribution in [0.5, 0.6) is 0 Å². The molecule has 0 unspecified atom stereocenters. The summed E-state index contributed by atoms with van der Waals surface area (Å²) in [5, 5.41) is 4.57. The number of ether oxygens (including phenoxy) is 1. The summed E-state index contributed by atoms with van der Waals surface area (Å²) < 4.78 is 7.17. The third-order valence-electron chi connectivity index (χ3n) is 4.42. The SMILES string of the molecule is Nc1nc(-c2ccc(C=O)cc2)nn2ccc(CN3CCOCC3)c12. The molecule has 2 N–H and O–H groups in total. The molecule has 128 valence electrons. The minimum absolute atomic E-state index is 0.456. The lowest BCUT2D eigenvalue weighted by molar-refractivity contribution is 0.0344. The molecule has 7 heteroatoms. The molecule has 1 saturated heterocycles. The number of aldehydes is 1. The Morgan fingerprint density at radius 2 is 1.92 bits per heavy atom. The van der Waals surface area contributed by atoms with Crippen molar-refractivity contribution in [3.05, 3.63) is 47.7 Å². The lowest BCUT2D eigenvalue weighted by atomic mass is 10.1. The number of anilines is 1. The molecule has 2 aromatic heterocycles. The predicted octanol–water partition coefficient (Wildman–Crippen LogP) is 1.62. The monoisotopic (exact) mass is 337 g/mol. The van der Waals surface area contributed by atoms with Gasteiger partial charge in [-0.1, -0.05) is 24.3 Å². The van der Waals surface area contributed by atoms with Crippen LogP contribution in [-0.4, -0.2) is 52.1 Å². The number of nitrogens with zero attached hydrogens (tertiary/aromatic N) is 4. The number of aromatic nitrogens is 3. The van der Waals surface area contributed by atoms with E-state index in [-0.39, 0.29) is 0 Å². The number of carbonyl (C=O) groups excluding carboxylic acids is 1. The van der Waals surface area contributed by atoms with Crippen molar-refractivity contribution in [2.24, 2.45) is 0 Å². The second kappa shape index (κ2) is 6.62. The maximum atomic E-state index is 10.8. The average molecular weight is 337 g/mol. The Hall–Kier alpha value is -2.77. The molecule has 7 nitrogen and oxygen atoms in total. The molecule has 3 aromatic rings. The first-order valence-corrected chi connectivity index (χ1v) is 8.24. The van der Waals surface area contributed by atoms with Gasteiger partial charge in [-0.3, -0.25) is 9.69 Å². The molecular weight excluding hydrogens is 318 g/mol. The highest BCUT2D eigenvalue weighted by atomic mass is 16.5. The molecule has 0 amide bonds. The Labute approximate surface area is 145 Å². The van der Waals surface area contributed by atoms with Crippen molar-refractivity contribution in [1.82, 2.24) is 19.5 Å². The zero-order valence-corrected chi connectivity index (χ0v) is 13.8. The van der Waals surface area contributed by atoms with Crippen molar-refractivity contribution in [1.29, 1.82) is 0 Å². The Bertz CT molecular complexity index is 898. The summed E-state index contributed by atoms with van der Waals surface area (Å²) >= 11 is 0. The molecule has 0 saturated carbocycles. The van der Waals surface area contributed by atoms with Crippen LogP contribution in [0.4, 0.5) is 5.82 Å². The van der Waals surface area contributed by atoms with Gasteiger partial charge in [0.1, 0.15) is 11.8 Å². The highest BCUT2D eigenvalue weighted by molar-refractivity contribution is 5.77. The van der Waals surface area contributed by atoms with Gasteiger partial charge in [0.25, 0.3) is 0 Å². The Morgan fingerprint density at radius 1 is 1.16 bits per heavy atom. The Morgan fingerprint density at radius 3 is 2.64 bits per heavy atom. The second-order valence-electron chi connectivity index (χ2n) is 6.08. The number of morpholine rings is 1. The minimum Gasteiger partial charge on any atom is -0.382 e. The molecule has 25 heavy (non-hydrogen) atoms. The van der Waals surface area contributed by atoms with E-state index in [4.69, 9.17) is 10.5 Å². The van der Waals surface area contributed by atoms with Crippen LogP contribution in [-0.2, 0) is 11.3 Å². The fourth-order valence-electron chi connectivity index (χ4n) is 3.08. The number of rotatable bonds is 4. The Balaban J connectivity index is 1.67. The van der Waals surface area contributed by atoms with E-state index in [9.17, 15) is 4.79 Å². The summed E-state index contributed by atoms with van der Waals surface area (Å²) in [5.74, 6) is 0.994. The van der Waals surface area contributed by atoms with Gasteiger partial charge in [-0.25, -0.2) is 9.50 Å². The third-order valence-corrected chi connectivity index (χ3v) is 4.42. The summed E-state index contributed by atoms with van der Waals surface area (Å²) in [6, 6.07) is 9.16.